The van der Waals surface area contributed by atoms with Crippen molar-refractivity contribution >= 4 is 11.9 Å². The molecule has 0 spiro atoms. The third-order valence-corrected chi connectivity index (χ3v) is 3.88. The first kappa shape index (κ1) is 19.6. The molecule has 0 radical (unpaired) electrons. The molecule has 0 aromatic heterocycles. The number of hydrogen-bond acceptors (Lipinski definition) is 5. The molecule has 112 valence electrons. The summed E-state index contributed by atoms with van der Waals surface area (Å²) >= 11 is 0.300. The molecular weight excluding hydrogens is 339 g/mol. The van der Waals surface area contributed by atoms with Crippen LogP contribution in [0.5, 0.6) is 0 Å². The van der Waals surface area contributed by atoms with E-state index in [-0.39, 0.29) is 11.8 Å². The first-order valence-corrected chi connectivity index (χ1v) is 8.23. The molecule has 0 heterocycles. The van der Waals surface area contributed by atoms with E-state index in [1.54, 1.807) is 0 Å². The number of carbonyl (C=O) groups excluding carboxylic acids is 2. The normalized spacial score (nSPS) is 19.9. The zero-order valence-corrected chi connectivity index (χ0v) is 14.2. The Morgan fingerprint density at radius 2 is 0.900 bits per heavy atom. The van der Waals surface area contributed by atoms with Gasteiger partial charge in [0.1, 0.15) is 0 Å². The Morgan fingerprint density at radius 1 is 0.650 bits per heavy atom. The summed E-state index contributed by atoms with van der Waals surface area (Å²) in [6.07, 6.45) is 10.0. The van der Waals surface area contributed by atoms with Crippen LogP contribution in [0.25, 0.3) is 0 Å². The van der Waals surface area contributed by atoms with Crippen LogP contribution in [0.2, 0.25) is 0 Å². The summed E-state index contributed by atoms with van der Waals surface area (Å²) < 4.78 is 8.34. The summed E-state index contributed by atoms with van der Waals surface area (Å²) in [6.45, 7) is 0. The number of carboxylic acid groups (broad SMARTS) is 2. The van der Waals surface area contributed by atoms with E-state index in [0.29, 0.717) is 24.7 Å². The van der Waals surface area contributed by atoms with Crippen molar-refractivity contribution in [1.82, 2.24) is 0 Å². The predicted molar refractivity (Wildman–Crippen MR) is 63.9 cm³/mol. The van der Waals surface area contributed by atoms with Crippen LogP contribution in [0.15, 0.2) is 0 Å². The zero-order valence-electron chi connectivity index (χ0n) is 11.8. The molecular formula is C14H22O5Zr. The second-order valence-electron chi connectivity index (χ2n) is 5.31. The first-order chi connectivity index (χ1) is 9.61. The summed E-state index contributed by atoms with van der Waals surface area (Å²) in [6, 6.07) is 0. The van der Waals surface area contributed by atoms with Gasteiger partial charge in [0.2, 0.25) is 0 Å². The predicted octanol–water partition coefficient (Wildman–Crippen LogP) is 0.512. The Morgan fingerprint density at radius 3 is 1.05 bits per heavy atom. The molecule has 6 heteroatoms. The van der Waals surface area contributed by atoms with Gasteiger partial charge in [-0.1, -0.05) is 38.5 Å². The second-order valence-corrected chi connectivity index (χ2v) is 5.31. The van der Waals surface area contributed by atoms with E-state index in [9.17, 15) is 19.8 Å². The van der Waals surface area contributed by atoms with Gasteiger partial charge in [-0.2, -0.15) is 0 Å². The van der Waals surface area contributed by atoms with Crippen LogP contribution >= 0.6 is 0 Å². The molecule has 0 bridgehead atoms. The van der Waals surface area contributed by atoms with E-state index in [2.05, 4.69) is 0 Å². The van der Waals surface area contributed by atoms with Gasteiger partial charge in [-0.05, 0) is 37.5 Å². The van der Waals surface area contributed by atoms with Crippen molar-refractivity contribution < 1.29 is 47.3 Å². The minimum atomic E-state index is -0.852. The summed E-state index contributed by atoms with van der Waals surface area (Å²) in [5.74, 6) is -1.98. The fraction of sp³-hybridized carbons (Fsp3) is 0.857. The minimum absolute atomic E-state index is 0.140. The monoisotopic (exact) mass is 360 g/mol. The van der Waals surface area contributed by atoms with E-state index >= 15 is 0 Å². The van der Waals surface area contributed by atoms with Crippen molar-refractivity contribution in [2.24, 2.45) is 11.8 Å². The van der Waals surface area contributed by atoms with Gasteiger partial charge in [-0.3, -0.25) is 0 Å². The zero-order chi connectivity index (χ0) is 15.4. The van der Waals surface area contributed by atoms with Crippen LogP contribution in [-0.4, -0.2) is 11.9 Å². The number of rotatable bonds is 2. The first-order valence-electron chi connectivity index (χ1n) is 7.23. The van der Waals surface area contributed by atoms with Crippen LogP contribution in [0.3, 0.4) is 0 Å². The molecule has 0 N–H and O–H groups in total. The van der Waals surface area contributed by atoms with Crippen LogP contribution in [0.4, 0.5) is 0 Å². The van der Waals surface area contributed by atoms with Gasteiger partial charge in [-0.15, -0.1) is 0 Å². The molecule has 2 fully saturated rings. The fourth-order valence-electron chi connectivity index (χ4n) is 2.68. The molecule has 0 atom stereocenters. The average Bonchev–Trinajstić information content (AvgIpc) is 2.51. The molecule has 2 rings (SSSR count). The fourth-order valence-corrected chi connectivity index (χ4v) is 2.68. The number of carbonyl (C=O) groups is 2. The molecule has 20 heavy (non-hydrogen) atoms. The summed E-state index contributed by atoms with van der Waals surface area (Å²) in [5.41, 5.74) is 0. The molecule has 5 nitrogen and oxygen atoms in total. The van der Waals surface area contributed by atoms with Gasteiger partial charge in [0, 0.05) is 11.9 Å². The van der Waals surface area contributed by atoms with Crippen molar-refractivity contribution in [2.45, 2.75) is 64.2 Å². The molecule has 0 unspecified atom stereocenters. The Labute approximate surface area is 135 Å². The Hall–Kier alpha value is -0.377. The Bertz CT molecular complexity index is 255. The van der Waals surface area contributed by atoms with E-state index in [1.165, 1.54) is 12.8 Å². The molecule has 2 saturated carbocycles. The van der Waals surface area contributed by atoms with Crippen LogP contribution in [0, 0.1) is 11.8 Å². The molecule has 0 aromatic rings. The molecule has 0 amide bonds. The number of hydrogen-bond donors (Lipinski definition) is 0. The summed E-state index contributed by atoms with van der Waals surface area (Å²) in [4.78, 5) is 20.5. The third-order valence-electron chi connectivity index (χ3n) is 3.88. The van der Waals surface area contributed by atoms with Gasteiger partial charge in [0.15, 0.2) is 0 Å². The van der Waals surface area contributed by atoms with Crippen LogP contribution in [0.1, 0.15) is 64.2 Å². The molecule has 0 aliphatic heterocycles. The van der Waals surface area contributed by atoms with Gasteiger partial charge in [0.05, 0.1) is 0 Å². The molecule has 2 aliphatic carbocycles. The van der Waals surface area contributed by atoms with Gasteiger partial charge >= 0.3 is 27.5 Å². The van der Waals surface area contributed by atoms with E-state index < -0.39 is 11.9 Å². The molecule has 0 saturated heterocycles. The van der Waals surface area contributed by atoms with E-state index in [0.717, 1.165) is 51.4 Å². The van der Waals surface area contributed by atoms with Crippen molar-refractivity contribution in [3.8, 4) is 0 Å². The van der Waals surface area contributed by atoms with E-state index in [4.69, 9.17) is 2.81 Å². The van der Waals surface area contributed by atoms with Crippen molar-refractivity contribution in [1.29, 1.82) is 0 Å². The van der Waals surface area contributed by atoms with Crippen molar-refractivity contribution in [3.05, 3.63) is 0 Å². The van der Waals surface area contributed by atoms with E-state index in [1.807, 2.05) is 0 Å². The number of aliphatic carboxylic acids is 2. The molecule has 2 aliphatic rings. The number of carboxylic acids is 2. The second kappa shape index (κ2) is 12.4. The van der Waals surface area contributed by atoms with Crippen LogP contribution < -0.4 is 10.2 Å². The Kier molecular flexibility index (Phi) is 12.1. The third kappa shape index (κ3) is 8.73. The summed E-state index contributed by atoms with van der Waals surface area (Å²) in [7, 11) is 0. The Balaban J connectivity index is 0.000000321. The van der Waals surface area contributed by atoms with Gasteiger partial charge in [0.25, 0.3) is 0 Å². The van der Waals surface area contributed by atoms with Crippen molar-refractivity contribution in [3.63, 3.8) is 0 Å². The summed E-state index contributed by atoms with van der Waals surface area (Å²) in [5, 5.41) is 20.5. The van der Waals surface area contributed by atoms with Crippen LogP contribution in [-0.2, 0) is 37.1 Å². The van der Waals surface area contributed by atoms with Gasteiger partial charge in [-0.25, -0.2) is 0 Å². The van der Waals surface area contributed by atoms with Crippen molar-refractivity contribution in [2.75, 3.05) is 0 Å². The molecule has 0 aromatic carbocycles. The maximum absolute atomic E-state index is 10.2. The van der Waals surface area contributed by atoms with Gasteiger partial charge < -0.3 is 19.8 Å². The topological polar surface area (TPSA) is 97.3 Å². The maximum atomic E-state index is 10.2. The average molecular weight is 362 g/mol. The standard InChI is InChI=1S/2C7H12O2.O.Zr/c2*8-7(9)6-4-2-1-3-5-6;;/h2*6H,1-5H2,(H,8,9);;/q;;;+2/p-2. The SMILES string of the molecule is O=C([O-])C1CCCCC1.O=C([O-])C1CCCCC1.[O]=[Zr+2]. The quantitative estimate of drug-likeness (QED) is 0.714.